The fraction of sp³-hybridized carbons (Fsp3) is 0.632. The first-order valence-corrected chi connectivity index (χ1v) is 9.43. The Morgan fingerprint density at radius 2 is 2.00 bits per heavy atom. The highest BCUT2D eigenvalue weighted by Gasteiger charge is 2.16. The number of nitrogens with zero attached hydrogens (tertiary/aromatic N) is 4. The monoisotopic (exact) mass is 493 g/mol. The number of likely N-dealkylation sites (N-methyl/N-ethyl adjacent to an activating group) is 1. The molecule has 0 aromatic heterocycles. The summed E-state index contributed by atoms with van der Waals surface area (Å²) in [5, 5.41) is 4.28. The van der Waals surface area contributed by atoms with Gasteiger partial charge in [0.2, 0.25) is 0 Å². The molecule has 1 fully saturated rings. The van der Waals surface area contributed by atoms with E-state index in [0.717, 1.165) is 30.6 Å². The second-order valence-electron chi connectivity index (χ2n) is 7.12. The van der Waals surface area contributed by atoms with Crippen LogP contribution in [0.2, 0.25) is 5.02 Å². The van der Waals surface area contributed by atoms with Crippen molar-refractivity contribution in [3.05, 3.63) is 34.9 Å². The molecule has 1 aromatic carbocycles. The predicted octanol–water partition coefficient (Wildman–Crippen LogP) is 2.85. The molecule has 1 aliphatic rings. The number of rotatable bonds is 6. The number of nitrogens with one attached hydrogen (secondary N) is 1. The average molecular weight is 494 g/mol. The van der Waals surface area contributed by atoms with Gasteiger partial charge in [-0.1, -0.05) is 30.7 Å². The fourth-order valence-electron chi connectivity index (χ4n) is 3.17. The molecule has 1 atom stereocenters. The molecular formula is C19H33ClIN5. The summed E-state index contributed by atoms with van der Waals surface area (Å²) in [5.41, 5.74) is 1.18. The normalized spacial score (nSPS) is 17.5. The Bertz CT molecular complexity index is 561. The molecule has 0 saturated carbocycles. The highest BCUT2D eigenvalue weighted by molar-refractivity contribution is 14.0. The van der Waals surface area contributed by atoms with Crippen molar-refractivity contribution in [1.29, 1.82) is 0 Å². The number of halogens is 2. The Morgan fingerprint density at radius 3 is 2.62 bits per heavy atom. The van der Waals surface area contributed by atoms with Crippen LogP contribution in [0, 0.1) is 5.92 Å². The summed E-state index contributed by atoms with van der Waals surface area (Å²) in [7, 11) is 6.09. The van der Waals surface area contributed by atoms with E-state index in [1.807, 2.05) is 25.2 Å². The van der Waals surface area contributed by atoms with E-state index in [2.05, 4.69) is 52.1 Å². The van der Waals surface area contributed by atoms with Crippen molar-refractivity contribution in [3.8, 4) is 0 Å². The Kier molecular flexibility index (Phi) is 10.8. The van der Waals surface area contributed by atoms with Crippen LogP contribution in [0.25, 0.3) is 0 Å². The van der Waals surface area contributed by atoms with Gasteiger partial charge >= 0.3 is 0 Å². The largest absolute Gasteiger partial charge is 0.356 e. The SMILES string of the molecule is CN=C(NCC(C)CN1CCN(C)CC1)N(C)Cc1cccc(Cl)c1.I. The Hall–Kier alpha value is -0.570. The Morgan fingerprint density at radius 1 is 1.31 bits per heavy atom. The molecule has 1 N–H and O–H groups in total. The standard InChI is InChI=1S/C19H32ClN5.HI/c1-16(14-25-10-8-23(3)9-11-25)13-22-19(21-2)24(4)15-17-6-5-7-18(20)12-17;/h5-7,12,16H,8-11,13-15H2,1-4H3,(H,21,22);1H. The first kappa shape index (κ1) is 23.5. The van der Waals surface area contributed by atoms with Crippen molar-refractivity contribution < 1.29 is 0 Å². The van der Waals surface area contributed by atoms with Crippen molar-refractivity contribution in [3.63, 3.8) is 0 Å². The quantitative estimate of drug-likeness (QED) is 0.375. The zero-order valence-corrected chi connectivity index (χ0v) is 19.5. The molecule has 148 valence electrons. The summed E-state index contributed by atoms with van der Waals surface area (Å²) < 4.78 is 0. The minimum Gasteiger partial charge on any atom is -0.356 e. The number of hydrogen-bond acceptors (Lipinski definition) is 3. The van der Waals surface area contributed by atoms with E-state index >= 15 is 0 Å². The van der Waals surface area contributed by atoms with Gasteiger partial charge in [0.05, 0.1) is 0 Å². The lowest BCUT2D eigenvalue weighted by atomic mass is 10.1. The first-order valence-electron chi connectivity index (χ1n) is 9.05. The van der Waals surface area contributed by atoms with Gasteiger partial charge in [-0.25, -0.2) is 0 Å². The molecule has 1 aromatic rings. The van der Waals surface area contributed by atoms with E-state index < -0.39 is 0 Å². The van der Waals surface area contributed by atoms with Crippen molar-refractivity contribution in [2.75, 3.05) is 60.4 Å². The minimum absolute atomic E-state index is 0. The highest BCUT2D eigenvalue weighted by atomic mass is 127. The van der Waals surface area contributed by atoms with E-state index in [0.29, 0.717) is 5.92 Å². The molecule has 7 heteroatoms. The van der Waals surface area contributed by atoms with Gasteiger partial charge in [-0.15, -0.1) is 24.0 Å². The topological polar surface area (TPSA) is 34.1 Å². The van der Waals surface area contributed by atoms with Crippen LogP contribution in [0.4, 0.5) is 0 Å². The van der Waals surface area contributed by atoms with Gasteiger partial charge < -0.3 is 20.0 Å². The zero-order chi connectivity index (χ0) is 18.2. The first-order chi connectivity index (χ1) is 12.0. The van der Waals surface area contributed by atoms with Crippen LogP contribution in [0.1, 0.15) is 12.5 Å². The molecule has 2 rings (SSSR count). The van der Waals surface area contributed by atoms with Gasteiger partial charge in [-0.3, -0.25) is 4.99 Å². The maximum Gasteiger partial charge on any atom is 0.193 e. The third-order valence-corrected chi connectivity index (χ3v) is 4.89. The number of hydrogen-bond donors (Lipinski definition) is 1. The summed E-state index contributed by atoms with van der Waals surface area (Å²) in [4.78, 5) is 11.5. The van der Waals surface area contributed by atoms with Gasteiger partial charge in [0, 0.05) is 64.9 Å². The van der Waals surface area contributed by atoms with E-state index in [9.17, 15) is 0 Å². The van der Waals surface area contributed by atoms with Gasteiger partial charge in [-0.05, 0) is 30.7 Å². The molecule has 1 unspecified atom stereocenters. The van der Waals surface area contributed by atoms with Gasteiger partial charge in [-0.2, -0.15) is 0 Å². The predicted molar refractivity (Wildman–Crippen MR) is 123 cm³/mol. The molecule has 0 radical (unpaired) electrons. The summed E-state index contributed by atoms with van der Waals surface area (Å²) in [6.45, 7) is 9.83. The van der Waals surface area contributed by atoms with Crippen LogP contribution < -0.4 is 5.32 Å². The zero-order valence-electron chi connectivity index (χ0n) is 16.4. The van der Waals surface area contributed by atoms with Crippen molar-refractivity contribution in [2.24, 2.45) is 10.9 Å². The van der Waals surface area contributed by atoms with Crippen LogP contribution in [0.3, 0.4) is 0 Å². The van der Waals surface area contributed by atoms with Gasteiger partial charge in [0.15, 0.2) is 5.96 Å². The number of piperazine rings is 1. The minimum atomic E-state index is 0. The summed E-state index contributed by atoms with van der Waals surface area (Å²) in [5.74, 6) is 1.50. The molecule has 1 heterocycles. The summed E-state index contributed by atoms with van der Waals surface area (Å²) in [6.07, 6.45) is 0. The second-order valence-corrected chi connectivity index (χ2v) is 7.56. The molecule has 5 nitrogen and oxygen atoms in total. The second kappa shape index (κ2) is 12.0. The molecule has 0 amide bonds. The maximum absolute atomic E-state index is 6.07. The third kappa shape index (κ3) is 7.98. The highest BCUT2D eigenvalue weighted by Crippen LogP contribution is 2.12. The molecule has 26 heavy (non-hydrogen) atoms. The average Bonchev–Trinajstić information content (AvgIpc) is 2.57. The van der Waals surface area contributed by atoms with Gasteiger partial charge in [0.25, 0.3) is 0 Å². The van der Waals surface area contributed by atoms with E-state index in [4.69, 9.17) is 11.6 Å². The summed E-state index contributed by atoms with van der Waals surface area (Å²) >= 11 is 6.07. The van der Waals surface area contributed by atoms with E-state index in [1.165, 1.54) is 31.7 Å². The van der Waals surface area contributed by atoms with Crippen LogP contribution in [0.15, 0.2) is 29.3 Å². The summed E-state index contributed by atoms with van der Waals surface area (Å²) in [6, 6.07) is 7.98. The lowest BCUT2D eigenvalue weighted by molar-refractivity contribution is 0.139. The van der Waals surface area contributed by atoms with Gasteiger partial charge in [0.1, 0.15) is 0 Å². The lowest BCUT2D eigenvalue weighted by Gasteiger charge is -2.34. The van der Waals surface area contributed by atoms with Crippen LogP contribution in [0.5, 0.6) is 0 Å². The van der Waals surface area contributed by atoms with Crippen molar-refractivity contribution in [2.45, 2.75) is 13.5 Å². The van der Waals surface area contributed by atoms with Crippen LogP contribution >= 0.6 is 35.6 Å². The Labute approximate surface area is 180 Å². The lowest BCUT2D eigenvalue weighted by Crippen LogP contribution is -2.47. The molecule has 0 aliphatic carbocycles. The van der Waals surface area contributed by atoms with E-state index in [-0.39, 0.29) is 24.0 Å². The van der Waals surface area contributed by atoms with Crippen LogP contribution in [-0.4, -0.2) is 81.1 Å². The molecular weight excluding hydrogens is 461 g/mol. The molecule has 1 saturated heterocycles. The maximum atomic E-state index is 6.07. The Balaban J connectivity index is 0.00000338. The van der Waals surface area contributed by atoms with Crippen LogP contribution in [-0.2, 0) is 6.54 Å². The third-order valence-electron chi connectivity index (χ3n) is 4.66. The molecule has 0 spiro atoms. The van der Waals surface area contributed by atoms with Crippen molar-refractivity contribution >= 4 is 41.5 Å². The molecule has 1 aliphatic heterocycles. The number of benzene rings is 1. The van der Waals surface area contributed by atoms with E-state index in [1.54, 1.807) is 0 Å². The molecule has 0 bridgehead atoms. The fourth-order valence-corrected chi connectivity index (χ4v) is 3.38. The smallest absolute Gasteiger partial charge is 0.193 e. The number of aliphatic imine (C=N–C) groups is 1. The number of guanidine groups is 1. The van der Waals surface area contributed by atoms with Crippen molar-refractivity contribution in [1.82, 2.24) is 20.0 Å².